The first-order valence-electron chi connectivity index (χ1n) is 9.33. The zero-order chi connectivity index (χ0) is 20.9. The number of amides is 1. The number of hydrogen-bond donors (Lipinski definition) is 1. The Kier molecular flexibility index (Phi) is 5.77. The molecule has 1 N–H and O–H groups in total. The fraction of sp³-hybridized carbons (Fsp3) is 0.0833. The smallest absolute Gasteiger partial charge is 0.258 e. The molecular formula is C24H20N2O3S. The maximum atomic E-state index is 13.0. The number of methoxy groups -OCH3 is 2. The van der Waals surface area contributed by atoms with E-state index >= 15 is 0 Å². The first kappa shape index (κ1) is 19.7. The average Bonchev–Trinajstić information content (AvgIpc) is 3.27. The molecule has 4 rings (SSSR count). The Hall–Kier alpha value is -3.64. The van der Waals surface area contributed by atoms with E-state index in [1.807, 2.05) is 78.2 Å². The van der Waals surface area contributed by atoms with Crippen molar-refractivity contribution in [2.24, 2.45) is 0 Å². The van der Waals surface area contributed by atoms with Gasteiger partial charge in [0.15, 0.2) is 5.13 Å². The van der Waals surface area contributed by atoms with Crippen LogP contribution in [0.3, 0.4) is 0 Å². The number of carbonyl (C=O) groups is 1. The zero-order valence-electron chi connectivity index (χ0n) is 16.6. The third kappa shape index (κ3) is 4.04. The molecule has 0 saturated heterocycles. The Morgan fingerprint density at radius 2 is 1.67 bits per heavy atom. The zero-order valence-corrected chi connectivity index (χ0v) is 17.4. The van der Waals surface area contributed by atoms with Crippen LogP contribution < -0.4 is 14.8 Å². The van der Waals surface area contributed by atoms with Crippen LogP contribution in [0.5, 0.6) is 11.5 Å². The van der Waals surface area contributed by atoms with E-state index in [1.165, 1.54) is 11.3 Å². The van der Waals surface area contributed by atoms with E-state index in [9.17, 15) is 4.79 Å². The number of anilines is 1. The van der Waals surface area contributed by atoms with Gasteiger partial charge in [0.25, 0.3) is 5.91 Å². The summed E-state index contributed by atoms with van der Waals surface area (Å²) in [6.07, 6.45) is 0. The first-order chi connectivity index (χ1) is 14.7. The molecule has 0 aliphatic rings. The molecule has 0 aliphatic carbocycles. The van der Waals surface area contributed by atoms with Gasteiger partial charge in [-0.3, -0.25) is 10.1 Å². The fourth-order valence-corrected chi connectivity index (χ4v) is 3.89. The van der Waals surface area contributed by atoms with E-state index in [0.29, 0.717) is 22.2 Å². The Bertz CT molecular complexity index is 1170. The summed E-state index contributed by atoms with van der Waals surface area (Å²) in [5.41, 5.74) is 4.03. The molecule has 1 heterocycles. The van der Waals surface area contributed by atoms with Crippen LogP contribution in [-0.4, -0.2) is 25.1 Å². The number of carbonyl (C=O) groups excluding carboxylic acids is 1. The SMILES string of the molecule is COc1ccc(-c2csc(NC(=O)c3ccccc3-c3ccccc3)n2)c(OC)c1. The van der Waals surface area contributed by atoms with Crippen LogP contribution >= 0.6 is 11.3 Å². The maximum Gasteiger partial charge on any atom is 0.258 e. The van der Waals surface area contributed by atoms with Crippen LogP contribution in [0.15, 0.2) is 78.2 Å². The quantitative estimate of drug-likeness (QED) is 0.435. The molecule has 0 fully saturated rings. The van der Waals surface area contributed by atoms with E-state index in [4.69, 9.17) is 9.47 Å². The van der Waals surface area contributed by atoms with E-state index in [1.54, 1.807) is 14.2 Å². The Morgan fingerprint density at radius 1 is 0.900 bits per heavy atom. The van der Waals surface area contributed by atoms with Gasteiger partial charge in [0.2, 0.25) is 0 Å². The van der Waals surface area contributed by atoms with Crippen molar-refractivity contribution in [2.75, 3.05) is 19.5 Å². The average molecular weight is 417 g/mol. The predicted molar refractivity (Wildman–Crippen MR) is 120 cm³/mol. The molecule has 0 aliphatic heterocycles. The van der Waals surface area contributed by atoms with Crippen LogP contribution in [0.4, 0.5) is 5.13 Å². The molecule has 0 atom stereocenters. The summed E-state index contributed by atoms with van der Waals surface area (Å²) < 4.78 is 10.7. The van der Waals surface area contributed by atoms with Crippen LogP contribution in [-0.2, 0) is 0 Å². The lowest BCUT2D eigenvalue weighted by Gasteiger charge is -2.09. The van der Waals surface area contributed by atoms with Crippen LogP contribution in [0.1, 0.15) is 10.4 Å². The lowest BCUT2D eigenvalue weighted by molar-refractivity contribution is 0.102. The van der Waals surface area contributed by atoms with Gasteiger partial charge in [0.05, 0.1) is 19.9 Å². The summed E-state index contributed by atoms with van der Waals surface area (Å²) >= 11 is 1.37. The lowest BCUT2D eigenvalue weighted by atomic mass is 9.99. The topological polar surface area (TPSA) is 60.5 Å². The first-order valence-corrected chi connectivity index (χ1v) is 10.2. The van der Waals surface area contributed by atoms with E-state index < -0.39 is 0 Å². The van der Waals surface area contributed by atoms with Crippen molar-refractivity contribution < 1.29 is 14.3 Å². The number of nitrogens with zero attached hydrogens (tertiary/aromatic N) is 1. The van der Waals surface area contributed by atoms with Crippen molar-refractivity contribution >= 4 is 22.4 Å². The minimum atomic E-state index is -0.197. The highest BCUT2D eigenvalue weighted by Gasteiger charge is 2.16. The van der Waals surface area contributed by atoms with Crippen molar-refractivity contribution in [3.8, 4) is 33.9 Å². The predicted octanol–water partition coefficient (Wildman–Crippen LogP) is 5.75. The highest BCUT2D eigenvalue weighted by molar-refractivity contribution is 7.14. The van der Waals surface area contributed by atoms with Crippen molar-refractivity contribution in [1.82, 2.24) is 4.98 Å². The largest absolute Gasteiger partial charge is 0.497 e. The molecule has 3 aromatic carbocycles. The number of benzene rings is 3. The van der Waals surface area contributed by atoms with Crippen LogP contribution in [0.25, 0.3) is 22.4 Å². The van der Waals surface area contributed by atoms with Crippen LogP contribution in [0.2, 0.25) is 0 Å². The number of ether oxygens (including phenoxy) is 2. The number of hydrogen-bond acceptors (Lipinski definition) is 5. The van der Waals surface area contributed by atoms with Crippen LogP contribution in [0, 0.1) is 0 Å². The van der Waals surface area contributed by atoms with Gasteiger partial charge in [0.1, 0.15) is 11.5 Å². The van der Waals surface area contributed by atoms with Crippen molar-refractivity contribution in [3.63, 3.8) is 0 Å². The number of nitrogens with one attached hydrogen (secondary N) is 1. The molecule has 1 aromatic heterocycles. The molecule has 0 unspecified atom stereocenters. The standard InChI is InChI=1S/C24H20N2O3S/c1-28-17-12-13-20(22(14-17)29-2)21-15-30-24(25-21)26-23(27)19-11-7-6-10-18(19)16-8-4-3-5-9-16/h3-15H,1-2H3,(H,25,26,27). The summed E-state index contributed by atoms with van der Waals surface area (Å²) in [5.74, 6) is 1.17. The minimum Gasteiger partial charge on any atom is -0.497 e. The highest BCUT2D eigenvalue weighted by atomic mass is 32.1. The summed E-state index contributed by atoms with van der Waals surface area (Å²) in [4.78, 5) is 17.6. The molecule has 30 heavy (non-hydrogen) atoms. The Morgan fingerprint density at radius 3 is 2.43 bits per heavy atom. The lowest BCUT2D eigenvalue weighted by Crippen LogP contribution is -2.13. The third-order valence-corrected chi connectivity index (χ3v) is 5.42. The molecule has 0 spiro atoms. The molecule has 6 heteroatoms. The summed E-state index contributed by atoms with van der Waals surface area (Å²) in [7, 11) is 3.21. The second-order valence-electron chi connectivity index (χ2n) is 6.47. The summed E-state index contributed by atoms with van der Waals surface area (Å²) in [5, 5.41) is 5.34. The summed E-state index contributed by atoms with van der Waals surface area (Å²) in [6.45, 7) is 0. The van der Waals surface area contributed by atoms with Gasteiger partial charge in [-0.25, -0.2) is 4.98 Å². The molecule has 1 amide bonds. The molecule has 0 bridgehead atoms. The second kappa shape index (κ2) is 8.80. The number of rotatable bonds is 6. The van der Waals surface area contributed by atoms with E-state index in [0.717, 1.165) is 22.4 Å². The Labute approximate surface area is 178 Å². The molecular weight excluding hydrogens is 396 g/mol. The molecule has 5 nitrogen and oxygen atoms in total. The van der Waals surface area contributed by atoms with Crippen molar-refractivity contribution in [2.45, 2.75) is 0 Å². The number of aromatic nitrogens is 1. The van der Waals surface area contributed by atoms with Gasteiger partial charge in [-0.15, -0.1) is 11.3 Å². The third-order valence-electron chi connectivity index (χ3n) is 4.67. The molecule has 0 saturated carbocycles. The van der Waals surface area contributed by atoms with Gasteiger partial charge in [-0.2, -0.15) is 0 Å². The van der Waals surface area contributed by atoms with Gasteiger partial charge in [0, 0.05) is 22.6 Å². The normalized spacial score (nSPS) is 10.5. The maximum absolute atomic E-state index is 13.0. The van der Waals surface area contributed by atoms with Gasteiger partial charge in [-0.05, 0) is 29.3 Å². The summed E-state index contributed by atoms with van der Waals surface area (Å²) in [6, 6.07) is 23.0. The fourth-order valence-electron chi connectivity index (χ4n) is 3.18. The number of thiazole rings is 1. The highest BCUT2D eigenvalue weighted by Crippen LogP contribution is 2.35. The van der Waals surface area contributed by atoms with E-state index in [-0.39, 0.29) is 5.91 Å². The van der Waals surface area contributed by atoms with Crippen molar-refractivity contribution in [3.05, 3.63) is 83.7 Å². The minimum absolute atomic E-state index is 0.197. The monoisotopic (exact) mass is 416 g/mol. The molecule has 0 radical (unpaired) electrons. The van der Waals surface area contributed by atoms with Gasteiger partial charge in [-0.1, -0.05) is 48.5 Å². The van der Waals surface area contributed by atoms with Crippen molar-refractivity contribution in [1.29, 1.82) is 0 Å². The van der Waals surface area contributed by atoms with Gasteiger partial charge < -0.3 is 9.47 Å². The van der Waals surface area contributed by atoms with Gasteiger partial charge >= 0.3 is 0 Å². The Balaban J connectivity index is 1.59. The molecule has 150 valence electrons. The van der Waals surface area contributed by atoms with E-state index in [2.05, 4.69) is 10.3 Å². The second-order valence-corrected chi connectivity index (χ2v) is 7.33. The molecule has 4 aromatic rings.